The molecule has 3 rings (SSSR count). The maximum Gasteiger partial charge on any atom is 0.407 e. The molecule has 2 heterocycles. The van der Waals surface area contributed by atoms with Gasteiger partial charge in [0, 0.05) is 36.2 Å². The highest BCUT2D eigenvalue weighted by atomic mass is 19.1. The third-order valence-corrected chi connectivity index (χ3v) is 5.05. The minimum atomic E-state index is -0.448. The van der Waals surface area contributed by atoms with Gasteiger partial charge in [-0.2, -0.15) is 0 Å². The number of nitrogens with zero attached hydrogens (tertiary/aromatic N) is 2. The van der Waals surface area contributed by atoms with Gasteiger partial charge in [0.25, 0.3) is 5.91 Å². The molecule has 7 heteroatoms. The van der Waals surface area contributed by atoms with Crippen LogP contribution in [0.3, 0.4) is 0 Å². The number of hydrogen-bond acceptors (Lipinski definition) is 3. The normalized spacial score (nSPS) is 16.7. The number of carbonyl (C=O) groups is 2. The Kier molecular flexibility index (Phi) is 6.02. The first kappa shape index (κ1) is 19.9. The molecule has 0 radical (unpaired) electrons. The van der Waals surface area contributed by atoms with E-state index in [1.165, 1.54) is 12.1 Å². The van der Waals surface area contributed by atoms with Crippen LogP contribution in [0.2, 0.25) is 0 Å². The summed E-state index contributed by atoms with van der Waals surface area (Å²) in [6, 6.07) is 7.96. The Morgan fingerprint density at radius 3 is 2.64 bits per heavy atom. The molecular formula is C21H26FN3O3. The summed E-state index contributed by atoms with van der Waals surface area (Å²) in [7, 11) is 0. The second-order valence-electron chi connectivity index (χ2n) is 7.05. The average Bonchev–Trinajstić information content (AvgIpc) is 2.96. The van der Waals surface area contributed by atoms with Gasteiger partial charge in [-0.3, -0.25) is 4.79 Å². The summed E-state index contributed by atoms with van der Waals surface area (Å²) in [4.78, 5) is 26.6. The van der Waals surface area contributed by atoms with Gasteiger partial charge in [0.2, 0.25) is 0 Å². The Labute approximate surface area is 164 Å². The fraction of sp³-hybridized carbons (Fsp3) is 0.429. The predicted molar refractivity (Wildman–Crippen MR) is 104 cm³/mol. The first-order valence-electron chi connectivity index (χ1n) is 9.58. The lowest BCUT2D eigenvalue weighted by molar-refractivity contribution is 0.0685. The van der Waals surface area contributed by atoms with Crippen molar-refractivity contribution in [3.05, 3.63) is 53.1 Å². The molecule has 1 saturated heterocycles. The van der Waals surface area contributed by atoms with Crippen LogP contribution in [0.5, 0.6) is 0 Å². The van der Waals surface area contributed by atoms with Crippen molar-refractivity contribution < 1.29 is 18.7 Å². The molecular weight excluding hydrogens is 361 g/mol. The standard InChI is InChI=1S/C21H26FN3O3/c1-4-28-21(27)23-17-6-5-11-24(13-17)20(26)19-12-14(2)25(15(19)3)18-9-7-16(22)8-10-18/h7-10,12,17H,4-6,11,13H2,1-3H3,(H,23,27). The number of aryl methyl sites for hydroxylation is 1. The number of hydrogen-bond donors (Lipinski definition) is 1. The van der Waals surface area contributed by atoms with E-state index in [0.29, 0.717) is 25.3 Å². The Balaban J connectivity index is 1.78. The van der Waals surface area contributed by atoms with Gasteiger partial charge >= 0.3 is 6.09 Å². The van der Waals surface area contributed by atoms with Crippen molar-refractivity contribution in [3.63, 3.8) is 0 Å². The highest BCUT2D eigenvalue weighted by Crippen LogP contribution is 2.23. The predicted octanol–water partition coefficient (Wildman–Crippen LogP) is 3.58. The van der Waals surface area contributed by atoms with Crippen LogP contribution in [0.25, 0.3) is 5.69 Å². The molecule has 28 heavy (non-hydrogen) atoms. The highest BCUT2D eigenvalue weighted by molar-refractivity contribution is 5.96. The summed E-state index contributed by atoms with van der Waals surface area (Å²) in [6.45, 7) is 7.00. The Bertz CT molecular complexity index is 861. The fourth-order valence-corrected chi connectivity index (χ4v) is 3.76. The van der Waals surface area contributed by atoms with Crippen LogP contribution in [-0.4, -0.2) is 47.2 Å². The molecule has 1 unspecified atom stereocenters. The zero-order valence-electron chi connectivity index (χ0n) is 16.5. The van der Waals surface area contributed by atoms with Gasteiger partial charge < -0.3 is 19.5 Å². The third-order valence-electron chi connectivity index (χ3n) is 5.05. The maximum atomic E-state index is 13.2. The monoisotopic (exact) mass is 387 g/mol. The number of halogens is 1. The van der Waals surface area contributed by atoms with E-state index in [2.05, 4.69) is 5.32 Å². The topological polar surface area (TPSA) is 63.6 Å². The SMILES string of the molecule is CCOC(=O)NC1CCCN(C(=O)c2cc(C)n(-c3ccc(F)cc3)c2C)C1. The lowest BCUT2D eigenvalue weighted by Gasteiger charge is -2.33. The number of nitrogens with one attached hydrogen (secondary N) is 1. The number of piperidine rings is 1. The molecule has 6 nitrogen and oxygen atoms in total. The van der Waals surface area contributed by atoms with Crippen LogP contribution < -0.4 is 5.32 Å². The van der Waals surface area contributed by atoms with E-state index in [-0.39, 0.29) is 17.8 Å². The largest absolute Gasteiger partial charge is 0.450 e. The lowest BCUT2D eigenvalue weighted by atomic mass is 10.0. The van der Waals surface area contributed by atoms with E-state index in [1.54, 1.807) is 24.0 Å². The first-order chi connectivity index (χ1) is 13.4. The van der Waals surface area contributed by atoms with Gasteiger partial charge in [-0.05, 0) is 63.9 Å². The molecule has 0 bridgehead atoms. The molecule has 1 atom stereocenters. The molecule has 0 aliphatic carbocycles. The summed E-state index contributed by atoms with van der Waals surface area (Å²) in [5.74, 6) is -0.354. The lowest BCUT2D eigenvalue weighted by Crippen LogP contribution is -2.49. The van der Waals surface area contributed by atoms with Crippen molar-refractivity contribution in [1.82, 2.24) is 14.8 Å². The minimum Gasteiger partial charge on any atom is -0.450 e. The van der Waals surface area contributed by atoms with Gasteiger partial charge in [-0.25, -0.2) is 9.18 Å². The van der Waals surface area contributed by atoms with Crippen molar-refractivity contribution in [3.8, 4) is 5.69 Å². The maximum absolute atomic E-state index is 13.2. The number of rotatable bonds is 4. The number of ether oxygens (including phenoxy) is 1. The fourth-order valence-electron chi connectivity index (χ4n) is 3.76. The molecule has 2 amide bonds. The van der Waals surface area contributed by atoms with Crippen molar-refractivity contribution in [1.29, 1.82) is 0 Å². The average molecular weight is 387 g/mol. The summed E-state index contributed by atoms with van der Waals surface area (Å²) in [5.41, 5.74) is 3.16. The van der Waals surface area contributed by atoms with Crippen LogP contribution in [0.1, 0.15) is 41.5 Å². The number of aromatic nitrogens is 1. The number of alkyl carbamates (subject to hydrolysis) is 1. The molecule has 1 aromatic heterocycles. The van der Waals surface area contributed by atoms with Crippen LogP contribution in [0.4, 0.5) is 9.18 Å². The molecule has 0 saturated carbocycles. The summed E-state index contributed by atoms with van der Waals surface area (Å²) in [6.07, 6.45) is 1.19. The molecule has 1 N–H and O–H groups in total. The van der Waals surface area contributed by atoms with E-state index >= 15 is 0 Å². The molecule has 150 valence electrons. The molecule has 1 aromatic carbocycles. The van der Waals surface area contributed by atoms with Crippen LogP contribution >= 0.6 is 0 Å². The van der Waals surface area contributed by atoms with Crippen LogP contribution in [0, 0.1) is 19.7 Å². The Hall–Kier alpha value is -2.83. The van der Waals surface area contributed by atoms with Crippen LogP contribution in [0.15, 0.2) is 30.3 Å². The van der Waals surface area contributed by atoms with Crippen LogP contribution in [-0.2, 0) is 4.74 Å². The second kappa shape index (κ2) is 8.46. The molecule has 1 aliphatic heterocycles. The first-order valence-corrected chi connectivity index (χ1v) is 9.58. The Morgan fingerprint density at radius 2 is 1.96 bits per heavy atom. The van der Waals surface area contributed by atoms with E-state index < -0.39 is 6.09 Å². The quantitative estimate of drug-likeness (QED) is 0.872. The van der Waals surface area contributed by atoms with E-state index in [4.69, 9.17) is 4.74 Å². The number of benzene rings is 1. The smallest absolute Gasteiger partial charge is 0.407 e. The number of amides is 2. The minimum absolute atomic E-state index is 0.0585. The van der Waals surface area contributed by atoms with Gasteiger partial charge in [-0.1, -0.05) is 0 Å². The zero-order valence-corrected chi connectivity index (χ0v) is 16.5. The summed E-state index contributed by atoms with van der Waals surface area (Å²) >= 11 is 0. The molecule has 0 spiro atoms. The van der Waals surface area contributed by atoms with Crippen molar-refractivity contribution >= 4 is 12.0 Å². The highest BCUT2D eigenvalue weighted by Gasteiger charge is 2.28. The zero-order chi connectivity index (χ0) is 20.3. The van der Waals surface area contributed by atoms with Crippen molar-refractivity contribution in [2.45, 2.75) is 39.7 Å². The Morgan fingerprint density at radius 1 is 1.25 bits per heavy atom. The van der Waals surface area contributed by atoms with Crippen molar-refractivity contribution in [2.24, 2.45) is 0 Å². The van der Waals surface area contributed by atoms with Gasteiger partial charge in [-0.15, -0.1) is 0 Å². The van der Waals surface area contributed by atoms with Gasteiger partial charge in [0.15, 0.2) is 0 Å². The summed E-state index contributed by atoms with van der Waals surface area (Å²) < 4.78 is 20.1. The van der Waals surface area contributed by atoms with E-state index in [0.717, 1.165) is 29.9 Å². The van der Waals surface area contributed by atoms with Gasteiger partial charge in [0.05, 0.1) is 12.2 Å². The molecule has 1 fully saturated rings. The van der Waals surface area contributed by atoms with E-state index in [1.807, 2.05) is 24.5 Å². The van der Waals surface area contributed by atoms with E-state index in [9.17, 15) is 14.0 Å². The summed E-state index contributed by atoms with van der Waals surface area (Å²) in [5, 5.41) is 2.82. The van der Waals surface area contributed by atoms with Gasteiger partial charge in [0.1, 0.15) is 5.82 Å². The van der Waals surface area contributed by atoms with Crippen molar-refractivity contribution in [2.75, 3.05) is 19.7 Å². The second-order valence-corrected chi connectivity index (χ2v) is 7.05. The molecule has 2 aromatic rings. The third kappa shape index (κ3) is 4.18. The molecule has 1 aliphatic rings. The number of carbonyl (C=O) groups excluding carboxylic acids is 2. The number of likely N-dealkylation sites (tertiary alicyclic amines) is 1.